The van der Waals surface area contributed by atoms with Crippen molar-refractivity contribution in [3.63, 3.8) is 0 Å². The third kappa shape index (κ3) is 13.3. The van der Waals surface area contributed by atoms with Crippen LogP contribution in [0.4, 0.5) is 0 Å². The van der Waals surface area contributed by atoms with E-state index >= 15 is 0 Å². The molecular weight excluding hydrogens is 831 g/mol. The van der Waals surface area contributed by atoms with Crippen LogP contribution < -0.4 is 20.7 Å². The summed E-state index contributed by atoms with van der Waals surface area (Å²) in [5.41, 5.74) is 1.05. The zero-order chi connectivity index (χ0) is 45.9. The molecule has 0 saturated carbocycles. The van der Waals surface area contributed by atoms with Gasteiger partial charge in [-0.15, -0.1) is 0 Å². The minimum atomic E-state index is -1.23. The Morgan fingerprint density at radius 3 is 2.26 bits per heavy atom. The molecule has 3 N–H and O–H groups in total. The number of rotatable bonds is 13. The molecule has 0 radical (unpaired) electrons. The van der Waals surface area contributed by atoms with Gasteiger partial charge in [0, 0.05) is 39.5 Å². The summed E-state index contributed by atoms with van der Waals surface area (Å²) in [6.45, 7) is 19.1. The number of allylic oxidation sites excluding steroid dienone is 2. The highest BCUT2D eigenvalue weighted by Gasteiger charge is 2.61. The zero-order valence-corrected chi connectivity index (χ0v) is 39.8. The van der Waals surface area contributed by atoms with Gasteiger partial charge in [-0.25, -0.2) is 4.79 Å². The van der Waals surface area contributed by atoms with Crippen LogP contribution in [0.5, 0.6) is 5.75 Å². The molecule has 0 bridgehead atoms. The lowest BCUT2D eigenvalue weighted by atomic mass is 9.93. The van der Waals surface area contributed by atoms with Gasteiger partial charge >= 0.3 is 5.97 Å². The van der Waals surface area contributed by atoms with E-state index in [-0.39, 0.29) is 40.3 Å². The van der Waals surface area contributed by atoms with Gasteiger partial charge in [0.15, 0.2) is 11.4 Å². The predicted octanol–water partition coefficient (Wildman–Crippen LogP) is 7.66. The highest BCUT2D eigenvalue weighted by atomic mass is 35.5. The number of epoxide rings is 1. The van der Waals surface area contributed by atoms with Gasteiger partial charge < -0.3 is 39.8 Å². The van der Waals surface area contributed by atoms with E-state index in [2.05, 4.69) is 29.8 Å². The van der Waals surface area contributed by atoms with Crippen molar-refractivity contribution in [2.24, 2.45) is 23.7 Å². The number of methoxy groups -OCH3 is 1. The van der Waals surface area contributed by atoms with Crippen molar-refractivity contribution in [1.82, 2.24) is 20.9 Å². The predicted molar refractivity (Wildman–Crippen MR) is 244 cm³/mol. The number of hydrogen-bond acceptors (Lipinski definition) is 9. The molecule has 0 aromatic heterocycles. The Labute approximate surface area is 378 Å². The van der Waals surface area contributed by atoms with E-state index in [1.54, 1.807) is 33.2 Å². The molecule has 12 nitrogen and oxygen atoms in total. The number of halogens is 2. The fourth-order valence-corrected chi connectivity index (χ4v) is 8.39. The summed E-state index contributed by atoms with van der Waals surface area (Å²) in [5.74, 6) is -2.38. The smallest absolute Gasteiger partial charge is 0.329 e. The first-order chi connectivity index (χ1) is 29.3. The second-order valence-electron chi connectivity index (χ2n) is 17.7. The molecule has 62 heavy (non-hydrogen) atoms. The number of ether oxygens (including phenoxy) is 4. The molecule has 4 rings (SSSR count). The summed E-state index contributed by atoms with van der Waals surface area (Å²) in [6.07, 6.45) is 5.21. The van der Waals surface area contributed by atoms with Crippen molar-refractivity contribution >= 4 is 46.9 Å². The number of fused-ring (bicyclic) bond motifs is 1. The van der Waals surface area contributed by atoms with Crippen LogP contribution in [-0.2, 0) is 39.8 Å². The second kappa shape index (κ2) is 23.1. The van der Waals surface area contributed by atoms with E-state index in [0.717, 1.165) is 17.7 Å². The number of benzene rings is 2. The quantitative estimate of drug-likeness (QED) is 0.105. The first kappa shape index (κ1) is 50.7. The maximum atomic E-state index is 14.6. The van der Waals surface area contributed by atoms with Gasteiger partial charge in [-0.1, -0.05) is 127 Å². The molecule has 9 unspecified atom stereocenters. The molecule has 2 aromatic rings. The Morgan fingerprint density at radius 2 is 1.66 bits per heavy atom. The Bertz CT molecular complexity index is 1880. The third-order valence-electron chi connectivity index (χ3n) is 11.8. The van der Waals surface area contributed by atoms with E-state index in [9.17, 15) is 19.2 Å². The summed E-state index contributed by atoms with van der Waals surface area (Å²) >= 11 is 13.5. The fourth-order valence-electron chi connectivity index (χ4n) is 7.75. The first-order valence-electron chi connectivity index (χ1n) is 21.8. The van der Waals surface area contributed by atoms with Crippen LogP contribution in [0, 0.1) is 23.7 Å². The van der Waals surface area contributed by atoms with Crippen LogP contribution in [0.1, 0.15) is 92.4 Å². The normalized spacial score (nSPS) is 28.8. The molecule has 1 saturated heterocycles. The minimum Gasteiger partial charge on any atom is -0.489 e. The summed E-state index contributed by atoms with van der Waals surface area (Å²) < 4.78 is 24.2. The Balaban J connectivity index is 1.76. The molecule has 0 aliphatic carbocycles. The first-order valence-corrected chi connectivity index (χ1v) is 22.6. The van der Waals surface area contributed by atoms with Crippen LogP contribution in [0.3, 0.4) is 0 Å². The number of nitrogens with zero attached hydrogens (tertiary/aromatic N) is 1. The maximum Gasteiger partial charge on any atom is 0.329 e. The highest BCUT2D eigenvalue weighted by Crippen LogP contribution is 2.43. The number of hydrogen-bond donors (Lipinski definition) is 3. The van der Waals surface area contributed by atoms with Crippen molar-refractivity contribution in [2.45, 2.75) is 124 Å². The van der Waals surface area contributed by atoms with Crippen LogP contribution in [-0.4, -0.2) is 98.4 Å². The molecule has 1 fully saturated rings. The third-order valence-corrected chi connectivity index (χ3v) is 12.4. The number of amides is 3. The Morgan fingerprint density at radius 1 is 1.00 bits per heavy atom. The lowest BCUT2D eigenvalue weighted by Gasteiger charge is -2.34. The lowest BCUT2D eigenvalue weighted by Crippen LogP contribution is -2.59. The van der Waals surface area contributed by atoms with Crippen molar-refractivity contribution in [3.05, 3.63) is 87.4 Å². The van der Waals surface area contributed by atoms with Gasteiger partial charge in [-0.3, -0.25) is 14.4 Å². The summed E-state index contributed by atoms with van der Waals surface area (Å²) in [7, 11) is 3.20. The lowest BCUT2D eigenvalue weighted by molar-refractivity contribution is -0.156. The summed E-state index contributed by atoms with van der Waals surface area (Å²) in [4.78, 5) is 59.1. The molecule has 2 aliphatic heterocycles. The molecule has 342 valence electrons. The number of carbonyl (C=O) groups excluding carboxylic acids is 4. The largest absolute Gasteiger partial charge is 0.489 e. The molecule has 0 spiro atoms. The van der Waals surface area contributed by atoms with Crippen LogP contribution >= 0.6 is 23.2 Å². The number of nitrogens with one attached hydrogen (secondary N) is 3. The monoisotopic (exact) mass is 898 g/mol. The summed E-state index contributed by atoms with van der Waals surface area (Å²) in [5, 5.41) is 9.65. The standard InChI is InChI=1S/C48H68Cl2N4O8/c1-12-30(6)41-45(56)52-37(25-33-23-35(49)43(36(50)24-33)60-22-21-51-27-28(2)3)44(55)53-40(29(4)5)46(57)61-42(34-19-14-13-15-20-34)32(8)18-16-17-31(7)38(59-11)26-39-48(9,62-39)47(58)54(41)10/h13-20,23-24,28-30,32,37-42,51H,12,21-22,25-27H2,1-11H3,(H,52,56)(H,53,55)/b18-16+,31-17+. The van der Waals surface area contributed by atoms with Crippen LogP contribution in [0.15, 0.2) is 66.3 Å². The molecule has 2 heterocycles. The van der Waals surface area contributed by atoms with Crippen LogP contribution in [0.25, 0.3) is 0 Å². The van der Waals surface area contributed by atoms with Gasteiger partial charge in [0.25, 0.3) is 5.91 Å². The Kier molecular flexibility index (Phi) is 18.9. The number of cyclic esters (lactones) is 1. The Hall–Kier alpha value is -3.94. The minimum absolute atomic E-state index is 0.0554. The molecule has 2 aromatic carbocycles. The highest BCUT2D eigenvalue weighted by molar-refractivity contribution is 6.37. The molecule has 14 heteroatoms. The molecule has 2 aliphatic rings. The maximum absolute atomic E-state index is 14.6. The number of esters is 1. The molecular formula is C48H68Cl2N4O8. The van der Waals surface area contributed by atoms with E-state index in [1.165, 1.54) is 4.90 Å². The van der Waals surface area contributed by atoms with Crippen molar-refractivity contribution in [3.8, 4) is 5.75 Å². The zero-order valence-electron chi connectivity index (χ0n) is 38.3. The average Bonchev–Trinajstić information content (AvgIpc) is 3.89. The van der Waals surface area contributed by atoms with Gasteiger partial charge in [-0.05, 0) is 67.0 Å². The van der Waals surface area contributed by atoms with Crippen molar-refractivity contribution < 1.29 is 38.1 Å². The van der Waals surface area contributed by atoms with Crippen LogP contribution in [0.2, 0.25) is 10.0 Å². The van der Waals surface area contributed by atoms with Gasteiger partial charge in [0.05, 0.1) is 22.3 Å². The number of carbonyl (C=O) groups is 4. The topological polar surface area (TPSA) is 148 Å². The van der Waals surface area contributed by atoms with Crippen molar-refractivity contribution in [2.75, 3.05) is 33.9 Å². The second-order valence-corrected chi connectivity index (χ2v) is 18.5. The summed E-state index contributed by atoms with van der Waals surface area (Å²) in [6, 6.07) is 9.44. The van der Waals surface area contributed by atoms with Gasteiger partial charge in [-0.2, -0.15) is 0 Å². The van der Waals surface area contributed by atoms with E-state index in [0.29, 0.717) is 43.2 Å². The van der Waals surface area contributed by atoms with E-state index in [4.69, 9.17) is 42.1 Å². The van der Waals surface area contributed by atoms with Crippen molar-refractivity contribution in [1.29, 1.82) is 0 Å². The van der Waals surface area contributed by atoms with E-state index in [1.807, 2.05) is 90.1 Å². The molecule has 3 amide bonds. The number of likely N-dealkylation sites (N-methyl/N-ethyl adjacent to an activating group) is 1. The average molecular weight is 900 g/mol. The molecule has 9 atom stereocenters. The van der Waals surface area contributed by atoms with Gasteiger partial charge in [0.2, 0.25) is 11.8 Å². The fraction of sp³-hybridized carbons (Fsp3) is 0.583. The van der Waals surface area contributed by atoms with Gasteiger partial charge in [0.1, 0.15) is 30.8 Å². The van der Waals surface area contributed by atoms with E-state index < -0.39 is 59.6 Å². The SMILES string of the molecule is CCC(C)C1C(=O)NC(Cc2cc(Cl)c(OCCNCC(C)C)c(Cl)c2)C(=O)NC(C(C)C)C(=O)OC(c2ccccc2)C(C)/C=C/C=C(\C)C(OC)CC2OC2(C)C(=O)N1C.